The van der Waals surface area contributed by atoms with Crippen molar-refractivity contribution < 1.29 is 4.79 Å². The minimum atomic E-state index is -0.185. The number of aromatic nitrogens is 2. The van der Waals surface area contributed by atoms with Gasteiger partial charge < -0.3 is 11.1 Å². The summed E-state index contributed by atoms with van der Waals surface area (Å²) in [5.41, 5.74) is 6.35. The standard InChI is InChI=1S/C7H12N4O/c1-3-9-7(12)6-5(8)4-10-11(6)2/h4H,3,8H2,1-2H3,(H,9,12). The summed E-state index contributed by atoms with van der Waals surface area (Å²) < 4.78 is 1.46. The molecule has 0 radical (unpaired) electrons. The van der Waals surface area contributed by atoms with Crippen LogP contribution in [0.1, 0.15) is 17.4 Å². The highest BCUT2D eigenvalue weighted by atomic mass is 16.2. The highest BCUT2D eigenvalue weighted by Crippen LogP contribution is 2.07. The molecule has 0 atom stereocenters. The zero-order chi connectivity index (χ0) is 9.14. The van der Waals surface area contributed by atoms with Gasteiger partial charge in [0.2, 0.25) is 0 Å². The Kier molecular flexibility index (Phi) is 2.32. The van der Waals surface area contributed by atoms with Crippen LogP contribution < -0.4 is 11.1 Å². The van der Waals surface area contributed by atoms with Crippen LogP contribution >= 0.6 is 0 Å². The van der Waals surface area contributed by atoms with Crippen molar-refractivity contribution in [1.29, 1.82) is 0 Å². The minimum Gasteiger partial charge on any atom is -0.396 e. The molecule has 0 unspecified atom stereocenters. The van der Waals surface area contributed by atoms with Crippen molar-refractivity contribution in [3.05, 3.63) is 11.9 Å². The fraction of sp³-hybridized carbons (Fsp3) is 0.429. The highest BCUT2D eigenvalue weighted by molar-refractivity contribution is 5.97. The maximum atomic E-state index is 11.3. The van der Waals surface area contributed by atoms with Gasteiger partial charge in [0.25, 0.3) is 5.91 Å². The normalized spacial score (nSPS) is 9.83. The van der Waals surface area contributed by atoms with Gasteiger partial charge in [0.1, 0.15) is 5.69 Å². The van der Waals surface area contributed by atoms with Crippen molar-refractivity contribution in [2.24, 2.45) is 7.05 Å². The van der Waals surface area contributed by atoms with Crippen molar-refractivity contribution in [3.63, 3.8) is 0 Å². The number of nitrogens with two attached hydrogens (primary N) is 1. The van der Waals surface area contributed by atoms with E-state index in [4.69, 9.17) is 5.73 Å². The molecule has 1 heterocycles. The fourth-order valence-corrected chi connectivity index (χ4v) is 0.977. The Morgan fingerprint density at radius 3 is 2.92 bits per heavy atom. The number of carbonyl (C=O) groups is 1. The molecule has 0 aliphatic heterocycles. The number of rotatable bonds is 2. The molecule has 3 N–H and O–H groups in total. The molecule has 66 valence electrons. The number of nitrogens with zero attached hydrogens (tertiary/aromatic N) is 2. The lowest BCUT2D eigenvalue weighted by molar-refractivity contribution is 0.0947. The summed E-state index contributed by atoms with van der Waals surface area (Å²) in [5.74, 6) is -0.185. The van der Waals surface area contributed by atoms with Crippen LogP contribution in [-0.4, -0.2) is 22.2 Å². The third-order valence-corrected chi connectivity index (χ3v) is 1.52. The van der Waals surface area contributed by atoms with Crippen LogP contribution in [0.15, 0.2) is 6.20 Å². The summed E-state index contributed by atoms with van der Waals surface area (Å²) in [4.78, 5) is 11.3. The van der Waals surface area contributed by atoms with Gasteiger partial charge in [-0.25, -0.2) is 0 Å². The number of aryl methyl sites for hydroxylation is 1. The summed E-state index contributed by atoms with van der Waals surface area (Å²) in [5, 5.41) is 6.50. The Labute approximate surface area is 70.5 Å². The molecule has 1 aromatic heterocycles. The number of hydrogen-bond donors (Lipinski definition) is 2. The van der Waals surface area contributed by atoms with Crippen LogP contribution in [0.3, 0.4) is 0 Å². The number of nitrogen functional groups attached to an aromatic ring is 1. The fourth-order valence-electron chi connectivity index (χ4n) is 0.977. The van der Waals surface area contributed by atoms with Gasteiger partial charge in [-0.3, -0.25) is 9.48 Å². The van der Waals surface area contributed by atoms with Gasteiger partial charge in [0.05, 0.1) is 11.9 Å². The van der Waals surface area contributed by atoms with Gasteiger partial charge in [-0.1, -0.05) is 0 Å². The number of anilines is 1. The van der Waals surface area contributed by atoms with E-state index in [9.17, 15) is 4.79 Å². The first-order chi connectivity index (χ1) is 5.66. The van der Waals surface area contributed by atoms with Crippen LogP contribution in [0, 0.1) is 0 Å². The number of carbonyl (C=O) groups excluding carboxylic acids is 1. The lowest BCUT2D eigenvalue weighted by Crippen LogP contribution is -2.25. The molecule has 12 heavy (non-hydrogen) atoms. The zero-order valence-electron chi connectivity index (χ0n) is 7.16. The molecule has 0 aliphatic rings. The van der Waals surface area contributed by atoms with Gasteiger partial charge in [-0.05, 0) is 6.92 Å². The van der Waals surface area contributed by atoms with Crippen LogP contribution in [0.25, 0.3) is 0 Å². The minimum absolute atomic E-state index is 0.185. The van der Waals surface area contributed by atoms with Crippen LogP contribution in [0.2, 0.25) is 0 Å². The topological polar surface area (TPSA) is 72.9 Å². The van der Waals surface area contributed by atoms with Crippen molar-refractivity contribution in [2.45, 2.75) is 6.92 Å². The summed E-state index contributed by atoms with van der Waals surface area (Å²) >= 11 is 0. The van der Waals surface area contributed by atoms with Crippen molar-refractivity contribution in [2.75, 3.05) is 12.3 Å². The molecule has 0 aromatic carbocycles. The molecule has 0 spiro atoms. The average molecular weight is 168 g/mol. The van der Waals surface area contributed by atoms with E-state index in [0.29, 0.717) is 17.9 Å². The summed E-state index contributed by atoms with van der Waals surface area (Å²) in [6.45, 7) is 2.44. The van der Waals surface area contributed by atoms with Crippen LogP contribution in [0.5, 0.6) is 0 Å². The quantitative estimate of drug-likeness (QED) is 0.639. The molecular formula is C7H12N4O. The maximum absolute atomic E-state index is 11.3. The van der Waals surface area contributed by atoms with Crippen molar-refractivity contribution in [1.82, 2.24) is 15.1 Å². The van der Waals surface area contributed by atoms with Crippen LogP contribution in [0.4, 0.5) is 5.69 Å². The molecule has 1 rings (SSSR count). The molecule has 0 saturated heterocycles. The lowest BCUT2D eigenvalue weighted by atomic mass is 10.3. The SMILES string of the molecule is CCNC(=O)c1c(N)cnn1C. The summed E-state index contributed by atoms with van der Waals surface area (Å²) in [6, 6.07) is 0. The van der Waals surface area contributed by atoms with E-state index in [1.165, 1.54) is 10.9 Å². The van der Waals surface area contributed by atoms with E-state index >= 15 is 0 Å². The van der Waals surface area contributed by atoms with Crippen molar-refractivity contribution >= 4 is 11.6 Å². The molecule has 1 amide bonds. The van der Waals surface area contributed by atoms with Gasteiger partial charge >= 0.3 is 0 Å². The monoisotopic (exact) mass is 168 g/mol. The molecule has 0 saturated carbocycles. The molecular weight excluding hydrogens is 156 g/mol. The van der Waals surface area contributed by atoms with Crippen LogP contribution in [-0.2, 0) is 7.05 Å². The Morgan fingerprint density at radius 1 is 1.83 bits per heavy atom. The van der Waals surface area contributed by atoms with Gasteiger partial charge in [-0.15, -0.1) is 0 Å². The van der Waals surface area contributed by atoms with Gasteiger partial charge in [-0.2, -0.15) is 5.10 Å². The largest absolute Gasteiger partial charge is 0.396 e. The van der Waals surface area contributed by atoms with Gasteiger partial charge in [0, 0.05) is 13.6 Å². The average Bonchev–Trinajstić information content (AvgIpc) is 2.32. The molecule has 0 fully saturated rings. The first-order valence-electron chi connectivity index (χ1n) is 3.72. The van der Waals surface area contributed by atoms with Gasteiger partial charge in [0.15, 0.2) is 0 Å². The second-order valence-electron chi connectivity index (χ2n) is 2.43. The van der Waals surface area contributed by atoms with Crippen molar-refractivity contribution in [3.8, 4) is 0 Å². The first kappa shape index (κ1) is 8.58. The highest BCUT2D eigenvalue weighted by Gasteiger charge is 2.12. The zero-order valence-corrected chi connectivity index (χ0v) is 7.16. The maximum Gasteiger partial charge on any atom is 0.271 e. The predicted octanol–water partition coefficient (Wildman–Crippen LogP) is -0.248. The second kappa shape index (κ2) is 3.25. The second-order valence-corrected chi connectivity index (χ2v) is 2.43. The molecule has 0 bridgehead atoms. The molecule has 5 nitrogen and oxygen atoms in total. The molecule has 5 heteroatoms. The van der Waals surface area contributed by atoms with E-state index in [1.807, 2.05) is 6.92 Å². The predicted molar refractivity (Wildman–Crippen MR) is 45.6 cm³/mol. The Morgan fingerprint density at radius 2 is 2.50 bits per heavy atom. The number of nitrogens with one attached hydrogen (secondary N) is 1. The Bertz CT molecular complexity index is 272. The molecule has 0 aliphatic carbocycles. The third-order valence-electron chi connectivity index (χ3n) is 1.52. The molecule has 1 aromatic rings. The number of amides is 1. The lowest BCUT2D eigenvalue weighted by Gasteiger charge is -2.02. The smallest absolute Gasteiger partial charge is 0.271 e. The summed E-state index contributed by atoms with van der Waals surface area (Å²) in [7, 11) is 1.68. The number of hydrogen-bond acceptors (Lipinski definition) is 3. The van der Waals surface area contributed by atoms with E-state index in [1.54, 1.807) is 7.05 Å². The van der Waals surface area contributed by atoms with E-state index in [-0.39, 0.29) is 5.91 Å². The third kappa shape index (κ3) is 1.39. The first-order valence-corrected chi connectivity index (χ1v) is 3.72. The Hall–Kier alpha value is -1.52. The van der Waals surface area contributed by atoms with E-state index in [0.717, 1.165) is 0 Å². The Balaban J connectivity index is 2.93. The van der Waals surface area contributed by atoms with E-state index < -0.39 is 0 Å². The summed E-state index contributed by atoms with van der Waals surface area (Å²) in [6.07, 6.45) is 1.46. The van der Waals surface area contributed by atoms with E-state index in [2.05, 4.69) is 10.4 Å².